The van der Waals surface area contributed by atoms with Crippen molar-refractivity contribution in [3.05, 3.63) is 29.3 Å². The molecule has 0 aromatic heterocycles. The molecule has 1 N–H and O–H groups in total. The molecule has 0 bridgehead atoms. The van der Waals surface area contributed by atoms with Crippen molar-refractivity contribution < 1.29 is 32.4 Å². The van der Waals surface area contributed by atoms with Crippen molar-refractivity contribution in [2.45, 2.75) is 84.2 Å². The van der Waals surface area contributed by atoms with Crippen LogP contribution >= 0.6 is 0 Å². The number of piperidine rings is 1. The number of amides is 2. The van der Waals surface area contributed by atoms with Crippen LogP contribution in [0.2, 0.25) is 0 Å². The summed E-state index contributed by atoms with van der Waals surface area (Å²) in [6, 6.07) is 2.25. The van der Waals surface area contributed by atoms with Gasteiger partial charge in [0.2, 0.25) is 0 Å². The molecule has 10 heteroatoms. The lowest BCUT2D eigenvalue weighted by Crippen LogP contribution is -2.50. The van der Waals surface area contributed by atoms with Gasteiger partial charge in [0.25, 0.3) is 5.91 Å². The normalized spacial score (nSPS) is 22.3. The summed E-state index contributed by atoms with van der Waals surface area (Å²) in [5.74, 6) is -3.04. The predicted octanol–water partition coefficient (Wildman–Crippen LogP) is 3.39. The lowest BCUT2D eigenvalue weighted by Gasteiger charge is -2.33. The molecule has 1 aromatic carbocycles. The van der Waals surface area contributed by atoms with Crippen LogP contribution in [0, 0.1) is 11.6 Å². The van der Waals surface area contributed by atoms with Crippen molar-refractivity contribution in [3.63, 3.8) is 0 Å². The standard InChI is InChI=1S/C23H33BF2N2O5/c1-21(2,3)31-20(30)27-14-9-8-12-28(13-14)19(29)15-10-11-16(18(26)17(15)25)24-32-22(4,5)23(6,7)33-24/h10-11,14H,8-9,12-13H2,1-7H3,(H,27,30)/t14-/m1/s1. The molecule has 2 fully saturated rings. The lowest BCUT2D eigenvalue weighted by atomic mass is 9.78. The molecule has 0 unspecified atom stereocenters. The Morgan fingerprint density at radius 1 is 1.12 bits per heavy atom. The topological polar surface area (TPSA) is 77.1 Å². The number of hydrogen-bond donors (Lipinski definition) is 1. The second-order valence-corrected chi connectivity index (χ2v) is 10.7. The highest BCUT2D eigenvalue weighted by molar-refractivity contribution is 6.62. The minimum atomic E-state index is -1.24. The number of alkyl carbamates (subject to hydrolysis) is 1. The van der Waals surface area contributed by atoms with Crippen LogP contribution in [-0.4, -0.2) is 60.0 Å². The number of likely N-dealkylation sites (tertiary alicyclic amines) is 1. The average molecular weight is 466 g/mol. The lowest BCUT2D eigenvalue weighted by molar-refractivity contribution is 0.00578. The van der Waals surface area contributed by atoms with E-state index >= 15 is 0 Å². The summed E-state index contributed by atoms with van der Waals surface area (Å²) in [7, 11) is -1.08. The minimum absolute atomic E-state index is 0.0918. The van der Waals surface area contributed by atoms with E-state index in [9.17, 15) is 18.4 Å². The second-order valence-electron chi connectivity index (χ2n) is 10.7. The van der Waals surface area contributed by atoms with Crippen LogP contribution in [0.3, 0.4) is 0 Å². The van der Waals surface area contributed by atoms with Crippen LogP contribution in [0.15, 0.2) is 12.1 Å². The molecule has 0 aliphatic carbocycles. The van der Waals surface area contributed by atoms with Crippen molar-refractivity contribution in [1.29, 1.82) is 0 Å². The zero-order valence-corrected chi connectivity index (χ0v) is 20.4. The van der Waals surface area contributed by atoms with Gasteiger partial charge in [0.1, 0.15) is 5.60 Å². The van der Waals surface area contributed by atoms with Gasteiger partial charge in [0.05, 0.1) is 16.8 Å². The van der Waals surface area contributed by atoms with Gasteiger partial charge in [-0.15, -0.1) is 0 Å². The van der Waals surface area contributed by atoms with Crippen molar-refractivity contribution in [3.8, 4) is 0 Å². The first-order valence-electron chi connectivity index (χ1n) is 11.2. The van der Waals surface area contributed by atoms with E-state index in [-0.39, 0.29) is 23.6 Å². The second kappa shape index (κ2) is 8.87. The quantitative estimate of drug-likeness (QED) is 0.692. The predicted molar refractivity (Wildman–Crippen MR) is 120 cm³/mol. The molecule has 3 rings (SSSR count). The van der Waals surface area contributed by atoms with Crippen LogP contribution in [-0.2, 0) is 14.0 Å². The van der Waals surface area contributed by atoms with Crippen molar-refractivity contribution in [2.75, 3.05) is 13.1 Å². The number of hydrogen-bond acceptors (Lipinski definition) is 5. The van der Waals surface area contributed by atoms with Crippen LogP contribution in [0.1, 0.15) is 71.7 Å². The van der Waals surface area contributed by atoms with Crippen LogP contribution in [0.25, 0.3) is 0 Å². The first-order valence-corrected chi connectivity index (χ1v) is 11.2. The van der Waals surface area contributed by atoms with Crippen LogP contribution in [0.5, 0.6) is 0 Å². The molecule has 2 aliphatic heterocycles. The number of benzene rings is 1. The highest BCUT2D eigenvalue weighted by Crippen LogP contribution is 2.36. The Kier molecular flexibility index (Phi) is 6.83. The summed E-state index contributed by atoms with van der Waals surface area (Å²) in [5, 5.41) is 2.74. The number of halogens is 2. The van der Waals surface area contributed by atoms with Gasteiger partial charge in [-0.1, -0.05) is 6.07 Å². The summed E-state index contributed by atoms with van der Waals surface area (Å²) >= 11 is 0. The molecule has 0 saturated carbocycles. The van der Waals surface area contributed by atoms with Gasteiger partial charge < -0.3 is 24.3 Å². The monoisotopic (exact) mass is 466 g/mol. The third-order valence-electron chi connectivity index (χ3n) is 6.28. The molecule has 2 amide bonds. The van der Waals surface area contributed by atoms with Crippen molar-refractivity contribution in [1.82, 2.24) is 10.2 Å². The van der Waals surface area contributed by atoms with E-state index in [0.29, 0.717) is 19.4 Å². The average Bonchev–Trinajstić information content (AvgIpc) is 2.89. The van der Waals surface area contributed by atoms with Crippen molar-refractivity contribution >= 4 is 24.6 Å². The van der Waals surface area contributed by atoms with Gasteiger partial charge in [-0.05, 0) is 67.4 Å². The van der Waals surface area contributed by atoms with E-state index in [4.69, 9.17) is 14.0 Å². The van der Waals surface area contributed by atoms with E-state index in [1.807, 2.05) is 27.7 Å². The highest BCUT2D eigenvalue weighted by Gasteiger charge is 2.52. The summed E-state index contributed by atoms with van der Waals surface area (Å²) < 4.78 is 46.8. The number of nitrogens with one attached hydrogen (secondary N) is 1. The molecule has 2 aliphatic rings. The van der Waals surface area contributed by atoms with Gasteiger partial charge >= 0.3 is 13.2 Å². The molecule has 1 atom stereocenters. The zero-order valence-electron chi connectivity index (χ0n) is 20.4. The Morgan fingerprint density at radius 2 is 1.73 bits per heavy atom. The van der Waals surface area contributed by atoms with Crippen LogP contribution < -0.4 is 10.8 Å². The largest absolute Gasteiger partial charge is 0.497 e. The molecule has 0 spiro atoms. The van der Waals surface area contributed by atoms with E-state index in [0.717, 1.165) is 0 Å². The van der Waals surface area contributed by atoms with Gasteiger partial charge in [0.15, 0.2) is 11.6 Å². The fourth-order valence-electron chi connectivity index (χ4n) is 3.81. The van der Waals surface area contributed by atoms with E-state index in [2.05, 4.69) is 5.32 Å². The minimum Gasteiger partial charge on any atom is -0.444 e. The van der Waals surface area contributed by atoms with Crippen molar-refractivity contribution in [2.24, 2.45) is 0 Å². The Hall–Kier alpha value is -2.20. The Balaban J connectivity index is 1.73. The molecule has 2 heterocycles. The summed E-state index contributed by atoms with van der Waals surface area (Å²) in [6.07, 6.45) is 0.689. The zero-order chi connectivity index (χ0) is 24.8. The molecule has 7 nitrogen and oxygen atoms in total. The van der Waals surface area contributed by atoms with Gasteiger partial charge in [-0.3, -0.25) is 4.79 Å². The molecule has 1 aromatic rings. The Bertz CT molecular complexity index is 916. The number of nitrogens with zero attached hydrogens (tertiary/aromatic N) is 1. The molecule has 2 saturated heterocycles. The highest BCUT2D eigenvalue weighted by atomic mass is 19.2. The maximum atomic E-state index is 15.0. The maximum absolute atomic E-state index is 15.0. The Labute approximate surface area is 194 Å². The van der Waals surface area contributed by atoms with Gasteiger partial charge in [0, 0.05) is 24.6 Å². The molecular formula is C23H33BF2N2O5. The number of rotatable bonds is 3. The van der Waals surface area contributed by atoms with E-state index < -0.39 is 47.6 Å². The summed E-state index contributed by atoms with van der Waals surface area (Å²) in [5.41, 5.74) is -2.53. The number of ether oxygens (including phenoxy) is 1. The maximum Gasteiger partial charge on any atom is 0.497 e. The van der Waals surface area contributed by atoms with E-state index in [1.165, 1.54) is 17.0 Å². The Morgan fingerprint density at radius 3 is 2.30 bits per heavy atom. The first kappa shape index (κ1) is 25.4. The van der Waals surface area contributed by atoms with E-state index in [1.54, 1.807) is 20.8 Å². The first-order chi connectivity index (χ1) is 15.1. The molecule has 0 radical (unpaired) electrons. The fourth-order valence-corrected chi connectivity index (χ4v) is 3.81. The van der Waals surface area contributed by atoms with Gasteiger partial charge in [-0.25, -0.2) is 13.6 Å². The smallest absolute Gasteiger partial charge is 0.444 e. The van der Waals surface area contributed by atoms with Gasteiger partial charge in [-0.2, -0.15) is 0 Å². The third-order valence-corrected chi connectivity index (χ3v) is 6.28. The molecule has 33 heavy (non-hydrogen) atoms. The number of carbonyl (C=O) groups excluding carboxylic acids is 2. The third kappa shape index (κ3) is 5.49. The number of carbonyl (C=O) groups is 2. The fraction of sp³-hybridized carbons (Fsp3) is 0.652. The molecule has 182 valence electrons. The molecular weight excluding hydrogens is 433 g/mol. The SMILES string of the molecule is CC(C)(C)OC(=O)N[C@@H]1CCCN(C(=O)c2ccc(B3OC(C)(C)C(C)(C)O3)c(F)c2F)C1. The summed E-state index contributed by atoms with van der Waals surface area (Å²) in [4.78, 5) is 26.5. The van der Waals surface area contributed by atoms with Crippen LogP contribution in [0.4, 0.5) is 13.6 Å². The summed E-state index contributed by atoms with van der Waals surface area (Å²) in [6.45, 7) is 13.1.